The molecule has 3 nitrogen and oxygen atoms in total. The molecule has 2 aromatic rings. The lowest BCUT2D eigenvalue weighted by Gasteiger charge is -2.16. The lowest BCUT2D eigenvalue weighted by atomic mass is 10.1. The summed E-state index contributed by atoms with van der Waals surface area (Å²) in [7, 11) is 0. The molecule has 4 heteroatoms. The van der Waals surface area contributed by atoms with Gasteiger partial charge in [-0.2, -0.15) is 0 Å². The summed E-state index contributed by atoms with van der Waals surface area (Å²) >= 11 is 6.04. The maximum Gasteiger partial charge on any atom is 0.152 e. The van der Waals surface area contributed by atoms with Gasteiger partial charge in [-0.25, -0.2) is 4.98 Å². The molecule has 3 rings (SSSR count). The smallest absolute Gasteiger partial charge is 0.152 e. The van der Waals surface area contributed by atoms with Crippen molar-refractivity contribution in [2.24, 2.45) is 0 Å². The molecule has 92 valence electrons. The van der Waals surface area contributed by atoms with Gasteiger partial charge in [-0.3, -0.25) is 0 Å². The summed E-state index contributed by atoms with van der Waals surface area (Å²) in [6.45, 7) is 0. The van der Waals surface area contributed by atoms with Gasteiger partial charge in [-0.05, 0) is 42.2 Å². The minimum atomic E-state index is 0.189. The van der Waals surface area contributed by atoms with Gasteiger partial charge in [0, 0.05) is 6.20 Å². The normalized spacial score (nSPS) is 17.5. The molecule has 0 aliphatic heterocycles. The Balaban J connectivity index is 1.90. The number of benzene rings is 1. The van der Waals surface area contributed by atoms with E-state index in [0.717, 1.165) is 29.7 Å². The third-order valence-electron chi connectivity index (χ3n) is 3.33. The van der Waals surface area contributed by atoms with Gasteiger partial charge in [0.2, 0.25) is 0 Å². The van der Waals surface area contributed by atoms with Crippen molar-refractivity contribution in [3.05, 3.63) is 52.8 Å². The molecule has 0 amide bonds. The van der Waals surface area contributed by atoms with Crippen molar-refractivity contribution in [3.8, 4) is 5.75 Å². The van der Waals surface area contributed by atoms with Crippen LogP contribution in [0.5, 0.6) is 5.75 Å². The SMILES string of the molecule is Oc1cccc2c1CCC2Nc1cccnc1Cl. The minimum absolute atomic E-state index is 0.189. The van der Waals surface area contributed by atoms with E-state index < -0.39 is 0 Å². The van der Waals surface area contributed by atoms with E-state index in [-0.39, 0.29) is 6.04 Å². The van der Waals surface area contributed by atoms with Gasteiger partial charge in [0.05, 0.1) is 11.7 Å². The van der Waals surface area contributed by atoms with Crippen LogP contribution in [0.2, 0.25) is 5.15 Å². The van der Waals surface area contributed by atoms with Crippen LogP contribution in [0.15, 0.2) is 36.5 Å². The molecule has 0 radical (unpaired) electrons. The molecule has 18 heavy (non-hydrogen) atoms. The number of phenolic OH excluding ortho intramolecular Hbond substituents is 1. The highest BCUT2D eigenvalue weighted by Crippen LogP contribution is 2.38. The number of hydrogen-bond acceptors (Lipinski definition) is 3. The van der Waals surface area contributed by atoms with Crippen LogP contribution in [-0.2, 0) is 6.42 Å². The molecule has 1 heterocycles. The van der Waals surface area contributed by atoms with Crippen molar-refractivity contribution in [1.82, 2.24) is 4.98 Å². The molecule has 0 bridgehead atoms. The second-order valence-corrected chi connectivity index (χ2v) is 4.78. The zero-order valence-corrected chi connectivity index (χ0v) is 10.5. The van der Waals surface area contributed by atoms with Gasteiger partial charge < -0.3 is 10.4 Å². The Bertz CT molecular complexity index is 586. The van der Waals surface area contributed by atoms with Crippen LogP contribution in [0.1, 0.15) is 23.6 Å². The summed E-state index contributed by atoms with van der Waals surface area (Å²) in [5.41, 5.74) is 3.02. The predicted octanol–water partition coefficient (Wildman–Crippen LogP) is 3.54. The summed E-state index contributed by atoms with van der Waals surface area (Å²) in [5, 5.41) is 13.7. The molecule has 2 N–H and O–H groups in total. The van der Waals surface area contributed by atoms with Gasteiger partial charge >= 0.3 is 0 Å². The average molecular weight is 261 g/mol. The first-order chi connectivity index (χ1) is 8.75. The highest BCUT2D eigenvalue weighted by Gasteiger charge is 2.24. The summed E-state index contributed by atoms with van der Waals surface area (Å²) in [4.78, 5) is 4.05. The van der Waals surface area contributed by atoms with Crippen molar-refractivity contribution >= 4 is 17.3 Å². The quantitative estimate of drug-likeness (QED) is 0.812. The molecule has 0 spiro atoms. The first-order valence-corrected chi connectivity index (χ1v) is 6.31. The molecule has 1 atom stereocenters. The van der Waals surface area contributed by atoms with E-state index in [1.807, 2.05) is 24.3 Å². The molecule has 1 aliphatic carbocycles. The zero-order valence-electron chi connectivity index (χ0n) is 9.73. The number of hydrogen-bond donors (Lipinski definition) is 2. The Morgan fingerprint density at radius 3 is 3.00 bits per heavy atom. The van der Waals surface area contributed by atoms with Gasteiger partial charge in [0.15, 0.2) is 5.15 Å². The zero-order chi connectivity index (χ0) is 12.5. The number of fused-ring (bicyclic) bond motifs is 1. The fourth-order valence-electron chi connectivity index (χ4n) is 2.47. The highest BCUT2D eigenvalue weighted by atomic mass is 35.5. The standard InChI is InChI=1S/C14H13ClN2O/c15-14-12(4-2-8-16-14)17-11-7-6-10-9(11)3-1-5-13(10)18/h1-5,8,11,17-18H,6-7H2. The van der Waals surface area contributed by atoms with E-state index >= 15 is 0 Å². The van der Waals surface area contributed by atoms with E-state index in [1.54, 1.807) is 12.3 Å². The van der Waals surface area contributed by atoms with Crippen LogP contribution in [0.3, 0.4) is 0 Å². The fraction of sp³-hybridized carbons (Fsp3) is 0.214. The summed E-state index contributed by atoms with van der Waals surface area (Å²) in [6.07, 6.45) is 3.51. The number of aromatic nitrogens is 1. The molecule has 0 saturated carbocycles. The van der Waals surface area contributed by atoms with E-state index in [1.165, 1.54) is 0 Å². The van der Waals surface area contributed by atoms with Crippen LogP contribution in [-0.4, -0.2) is 10.1 Å². The molecule has 1 unspecified atom stereocenters. The van der Waals surface area contributed by atoms with Gasteiger partial charge in [-0.15, -0.1) is 0 Å². The van der Waals surface area contributed by atoms with Crippen molar-refractivity contribution in [2.45, 2.75) is 18.9 Å². The Kier molecular flexibility index (Phi) is 2.84. The van der Waals surface area contributed by atoms with Crippen LogP contribution >= 0.6 is 11.6 Å². The Labute approximate surface area is 110 Å². The lowest BCUT2D eigenvalue weighted by Crippen LogP contribution is -2.07. The van der Waals surface area contributed by atoms with Crippen molar-refractivity contribution in [1.29, 1.82) is 0 Å². The van der Waals surface area contributed by atoms with E-state index in [4.69, 9.17) is 11.6 Å². The fourth-order valence-corrected chi connectivity index (χ4v) is 2.64. The van der Waals surface area contributed by atoms with Gasteiger partial charge in [-0.1, -0.05) is 23.7 Å². The molecule has 1 aromatic heterocycles. The van der Waals surface area contributed by atoms with Gasteiger partial charge in [0.25, 0.3) is 0 Å². The van der Waals surface area contributed by atoms with Crippen LogP contribution in [0, 0.1) is 0 Å². The highest BCUT2D eigenvalue weighted by molar-refractivity contribution is 6.31. The Hall–Kier alpha value is -1.74. The van der Waals surface area contributed by atoms with Crippen molar-refractivity contribution in [3.63, 3.8) is 0 Å². The summed E-state index contributed by atoms with van der Waals surface area (Å²) in [6, 6.07) is 9.61. The van der Waals surface area contributed by atoms with Crippen LogP contribution in [0.4, 0.5) is 5.69 Å². The molecule has 1 aliphatic rings. The van der Waals surface area contributed by atoms with E-state index in [2.05, 4.69) is 10.3 Å². The number of halogens is 1. The first-order valence-electron chi connectivity index (χ1n) is 5.93. The second kappa shape index (κ2) is 4.50. The lowest BCUT2D eigenvalue weighted by molar-refractivity contribution is 0.469. The number of nitrogens with zero attached hydrogens (tertiary/aromatic N) is 1. The maximum absolute atomic E-state index is 9.80. The van der Waals surface area contributed by atoms with E-state index in [9.17, 15) is 5.11 Å². The topological polar surface area (TPSA) is 45.1 Å². The van der Waals surface area contributed by atoms with Crippen molar-refractivity contribution in [2.75, 3.05) is 5.32 Å². The number of phenols is 1. The van der Waals surface area contributed by atoms with Crippen molar-refractivity contribution < 1.29 is 5.11 Å². The molecule has 0 fully saturated rings. The van der Waals surface area contributed by atoms with Crippen LogP contribution < -0.4 is 5.32 Å². The molecule has 1 aromatic carbocycles. The average Bonchev–Trinajstić information content (AvgIpc) is 2.77. The number of nitrogens with one attached hydrogen (secondary N) is 1. The Morgan fingerprint density at radius 1 is 1.28 bits per heavy atom. The number of rotatable bonds is 2. The summed E-state index contributed by atoms with van der Waals surface area (Å²) in [5.74, 6) is 0.383. The minimum Gasteiger partial charge on any atom is -0.508 e. The third kappa shape index (κ3) is 1.91. The summed E-state index contributed by atoms with van der Waals surface area (Å²) < 4.78 is 0. The molecule has 0 saturated heterocycles. The first kappa shape index (κ1) is 11.4. The monoisotopic (exact) mass is 260 g/mol. The Morgan fingerprint density at radius 2 is 2.17 bits per heavy atom. The largest absolute Gasteiger partial charge is 0.508 e. The van der Waals surface area contributed by atoms with Crippen LogP contribution in [0.25, 0.3) is 0 Å². The number of anilines is 1. The third-order valence-corrected chi connectivity index (χ3v) is 3.64. The molecular weight excluding hydrogens is 248 g/mol. The predicted molar refractivity (Wildman–Crippen MR) is 72.0 cm³/mol. The second-order valence-electron chi connectivity index (χ2n) is 4.42. The van der Waals surface area contributed by atoms with Gasteiger partial charge in [0.1, 0.15) is 5.75 Å². The maximum atomic E-state index is 9.80. The molecular formula is C14H13ClN2O. The number of pyridine rings is 1. The van der Waals surface area contributed by atoms with E-state index in [0.29, 0.717) is 10.9 Å². The number of aromatic hydroxyl groups is 1.